The number of carbonyl (C=O) groups is 3. The molecule has 9 nitrogen and oxygen atoms in total. The van der Waals surface area contributed by atoms with E-state index < -0.39 is 47.7 Å². The fourth-order valence-corrected chi connectivity index (χ4v) is 3.91. The quantitative estimate of drug-likeness (QED) is 0.365. The predicted molar refractivity (Wildman–Crippen MR) is 107 cm³/mol. The van der Waals surface area contributed by atoms with Gasteiger partial charge in [0.1, 0.15) is 23.7 Å². The van der Waals surface area contributed by atoms with Crippen LogP contribution in [-0.2, 0) is 16.0 Å². The Morgan fingerprint density at radius 1 is 1.23 bits per heavy atom. The lowest BCUT2D eigenvalue weighted by molar-refractivity contribution is -0.131. The van der Waals surface area contributed by atoms with Crippen LogP contribution in [0.15, 0.2) is 18.2 Å². The van der Waals surface area contributed by atoms with Crippen LogP contribution in [0, 0.1) is 11.6 Å². The molecule has 0 saturated carbocycles. The highest BCUT2D eigenvalue weighted by molar-refractivity contribution is 5.90. The van der Waals surface area contributed by atoms with Crippen LogP contribution >= 0.6 is 0 Å². The van der Waals surface area contributed by atoms with Gasteiger partial charge in [0.15, 0.2) is 0 Å². The molecule has 11 heteroatoms. The first-order valence-electron chi connectivity index (χ1n) is 10.3. The Hall–Kier alpha value is -2.79. The van der Waals surface area contributed by atoms with Gasteiger partial charge in [-0.05, 0) is 30.5 Å². The van der Waals surface area contributed by atoms with E-state index in [1.165, 1.54) is 4.90 Å². The summed E-state index contributed by atoms with van der Waals surface area (Å²) in [5, 5.41) is 21.7. The number of nitrogens with one attached hydrogen (secondary N) is 4. The van der Waals surface area contributed by atoms with E-state index in [2.05, 4.69) is 21.3 Å². The van der Waals surface area contributed by atoms with E-state index in [0.29, 0.717) is 26.1 Å². The van der Waals surface area contributed by atoms with Crippen LogP contribution in [0.5, 0.6) is 0 Å². The smallest absolute Gasteiger partial charge is 0.318 e. The van der Waals surface area contributed by atoms with Gasteiger partial charge >= 0.3 is 6.03 Å². The first kappa shape index (κ1) is 22.9. The van der Waals surface area contributed by atoms with E-state index in [-0.39, 0.29) is 24.6 Å². The van der Waals surface area contributed by atoms with Crippen molar-refractivity contribution in [2.45, 2.75) is 44.0 Å². The summed E-state index contributed by atoms with van der Waals surface area (Å²) in [4.78, 5) is 38.5. The first-order valence-corrected chi connectivity index (χ1v) is 10.3. The maximum absolute atomic E-state index is 13.7. The zero-order chi connectivity index (χ0) is 22.5. The van der Waals surface area contributed by atoms with E-state index in [4.69, 9.17) is 0 Å². The molecule has 4 atom stereocenters. The van der Waals surface area contributed by atoms with Gasteiger partial charge in [0.05, 0.1) is 12.1 Å². The summed E-state index contributed by atoms with van der Waals surface area (Å²) < 4.78 is 27.3. The molecule has 0 radical (unpaired) electrons. The van der Waals surface area contributed by atoms with Gasteiger partial charge in [-0.15, -0.1) is 0 Å². The molecule has 2 aliphatic rings. The van der Waals surface area contributed by atoms with Crippen LogP contribution < -0.4 is 21.3 Å². The molecule has 0 spiro atoms. The average molecular weight is 439 g/mol. The number of hydrogen-bond donors (Lipinski definition) is 5. The van der Waals surface area contributed by atoms with Gasteiger partial charge in [0.2, 0.25) is 11.8 Å². The minimum atomic E-state index is -1.37. The SMILES string of the molecule is CCCN1C(=O)NCC1C(=O)N[C@@H](Cc1cc(F)cc(F)c1)[C@H](O)[C@@H]1NCCNC1=O. The molecule has 31 heavy (non-hydrogen) atoms. The van der Waals surface area contributed by atoms with Crippen molar-refractivity contribution in [3.8, 4) is 0 Å². The monoisotopic (exact) mass is 439 g/mol. The van der Waals surface area contributed by atoms with Gasteiger partial charge in [-0.1, -0.05) is 6.92 Å². The van der Waals surface area contributed by atoms with Crippen LogP contribution in [-0.4, -0.2) is 78.3 Å². The number of aliphatic hydroxyl groups excluding tert-OH is 1. The van der Waals surface area contributed by atoms with Gasteiger partial charge in [0, 0.05) is 32.2 Å². The van der Waals surface area contributed by atoms with Crippen LogP contribution in [0.2, 0.25) is 0 Å². The number of carbonyl (C=O) groups excluding carboxylic acids is 3. The molecule has 1 aromatic rings. The number of amides is 4. The summed E-state index contributed by atoms with van der Waals surface area (Å²) in [5.41, 5.74) is 0.212. The summed E-state index contributed by atoms with van der Waals surface area (Å²) in [6, 6.07) is -0.260. The Balaban J connectivity index is 1.81. The summed E-state index contributed by atoms with van der Waals surface area (Å²) in [5.74, 6) is -2.54. The number of nitrogens with zero attached hydrogens (tertiary/aromatic N) is 1. The van der Waals surface area contributed by atoms with E-state index in [1.54, 1.807) is 0 Å². The molecule has 2 aliphatic heterocycles. The van der Waals surface area contributed by atoms with Crippen LogP contribution in [0.3, 0.4) is 0 Å². The van der Waals surface area contributed by atoms with E-state index in [0.717, 1.165) is 18.2 Å². The largest absolute Gasteiger partial charge is 0.389 e. The number of piperazine rings is 1. The van der Waals surface area contributed by atoms with Crippen molar-refractivity contribution in [3.63, 3.8) is 0 Å². The molecule has 2 fully saturated rings. The zero-order valence-electron chi connectivity index (χ0n) is 17.2. The second-order valence-corrected chi connectivity index (χ2v) is 7.71. The molecular formula is C20H27F2N5O4. The molecule has 1 unspecified atom stereocenters. The molecule has 0 aliphatic carbocycles. The van der Waals surface area contributed by atoms with Gasteiger partial charge in [-0.3, -0.25) is 9.59 Å². The van der Waals surface area contributed by atoms with Crippen molar-refractivity contribution >= 4 is 17.8 Å². The number of urea groups is 1. The average Bonchev–Trinajstić information content (AvgIpc) is 3.07. The van der Waals surface area contributed by atoms with E-state index in [9.17, 15) is 28.3 Å². The highest BCUT2D eigenvalue weighted by Crippen LogP contribution is 2.15. The number of aliphatic hydroxyl groups is 1. The fourth-order valence-electron chi connectivity index (χ4n) is 3.91. The molecule has 2 saturated heterocycles. The Kier molecular flexibility index (Phi) is 7.39. The first-order chi connectivity index (χ1) is 14.8. The summed E-state index contributed by atoms with van der Waals surface area (Å²) in [6.07, 6.45) is -0.840. The number of hydrogen-bond acceptors (Lipinski definition) is 5. The van der Waals surface area contributed by atoms with Crippen LogP contribution in [0.25, 0.3) is 0 Å². The molecule has 1 aromatic carbocycles. The highest BCUT2D eigenvalue weighted by atomic mass is 19.1. The third-order valence-electron chi connectivity index (χ3n) is 5.38. The zero-order valence-corrected chi connectivity index (χ0v) is 17.2. The normalized spacial score (nSPS) is 23.2. The number of benzene rings is 1. The topological polar surface area (TPSA) is 123 Å². The van der Waals surface area contributed by atoms with Crippen molar-refractivity contribution in [1.82, 2.24) is 26.2 Å². The molecule has 0 aromatic heterocycles. The Bertz CT molecular complexity index is 820. The molecule has 5 N–H and O–H groups in total. The second kappa shape index (κ2) is 10.0. The van der Waals surface area contributed by atoms with Crippen molar-refractivity contribution in [1.29, 1.82) is 0 Å². The van der Waals surface area contributed by atoms with Crippen LogP contribution in [0.1, 0.15) is 18.9 Å². The lowest BCUT2D eigenvalue weighted by Crippen LogP contribution is -2.64. The highest BCUT2D eigenvalue weighted by Gasteiger charge is 2.39. The Labute approximate surface area is 178 Å². The fraction of sp³-hybridized carbons (Fsp3) is 0.550. The molecule has 0 bridgehead atoms. The van der Waals surface area contributed by atoms with E-state index >= 15 is 0 Å². The van der Waals surface area contributed by atoms with Gasteiger partial charge in [-0.2, -0.15) is 0 Å². The van der Waals surface area contributed by atoms with Crippen molar-refractivity contribution in [3.05, 3.63) is 35.4 Å². The van der Waals surface area contributed by atoms with Gasteiger partial charge in [0.25, 0.3) is 0 Å². The standard InChI is InChI=1S/C20H27F2N5O4/c1-2-5-27-15(10-25-20(27)31)18(29)26-14(8-11-6-12(21)9-13(22)7-11)17(28)16-19(30)24-4-3-23-16/h6-7,9,14-17,23,28H,2-5,8,10H2,1H3,(H,24,30)(H,25,31)(H,26,29)/t14-,15?,16-,17-/m0/s1. The van der Waals surface area contributed by atoms with Crippen molar-refractivity contribution in [2.75, 3.05) is 26.2 Å². The Morgan fingerprint density at radius 2 is 1.94 bits per heavy atom. The summed E-state index contributed by atoms with van der Waals surface area (Å²) >= 11 is 0. The van der Waals surface area contributed by atoms with E-state index in [1.807, 2.05) is 6.92 Å². The Morgan fingerprint density at radius 3 is 2.58 bits per heavy atom. The third kappa shape index (κ3) is 5.47. The maximum atomic E-state index is 13.7. The van der Waals surface area contributed by atoms with Crippen molar-refractivity contribution < 1.29 is 28.3 Å². The molecular weight excluding hydrogens is 412 g/mol. The molecule has 170 valence electrons. The minimum absolute atomic E-state index is 0.101. The van der Waals surface area contributed by atoms with Gasteiger partial charge < -0.3 is 31.3 Å². The lowest BCUT2D eigenvalue weighted by Gasteiger charge is -2.34. The predicted octanol–water partition coefficient (Wildman–Crippen LogP) is -0.755. The maximum Gasteiger partial charge on any atom is 0.318 e. The molecule has 2 heterocycles. The molecule has 3 rings (SSSR count). The minimum Gasteiger partial charge on any atom is -0.389 e. The number of halogens is 2. The summed E-state index contributed by atoms with van der Waals surface area (Å²) in [6.45, 7) is 3.17. The summed E-state index contributed by atoms with van der Waals surface area (Å²) in [7, 11) is 0. The number of rotatable bonds is 8. The van der Waals surface area contributed by atoms with Crippen LogP contribution in [0.4, 0.5) is 13.6 Å². The third-order valence-corrected chi connectivity index (χ3v) is 5.38. The van der Waals surface area contributed by atoms with Gasteiger partial charge in [-0.25, -0.2) is 13.6 Å². The van der Waals surface area contributed by atoms with Crippen molar-refractivity contribution in [2.24, 2.45) is 0 Å². The lowest BCUT2D eigenvalue weighted by atomic mass is 9.94. The second-order valence-electron chi connectivity index (χ2n) is 7.71. The molecule has 4 amide bonds.